The highest BCUT2D eigenvalue weighted by atomic mass is 16.1. The van der Waals surface area contributed by atoms with Crippen molar-refractivity contribution in [3.8, 4) is 0 Å². The molecule has 0 heterocycles. The minimum Gasteiger partial charge on any atom is -0.294 e. The second-order valence-electron chi connectivity index (χ2n) is 9.57. The smallest absolute Gasteiger partial charge is 0.163 e. The van der Waals surface area contributed by atoms with E-state index in [1.807, 2.05) is 12.1 Å². The van der Waals surface area contributed by atoms with Gasteiger partial charge in [0.2, 0.25) is 0 Å². The lowest BCUT2D eigenvalue weighted by Crippen LogP contribution is -2.38. The summed E-state index contributed by atoms with van der Waals surface area (Å²) in [6.45, 7) is 0. The molecule has 2 atom stereocenters. The van der Waals surface area contributed by atoms with Crippen LogP contribution in [0, 0.1) is 5.92 Å². The molecule has 3 aliphatic rings. The van der Waals surface area contributed by atoms with Gasteiger partial charge in [-0.3, -0.25) is 4.79 Å². The van der Waals surface area contributed by atoms with E-state index in [1.165, 1.54) is 49.4 Å². The largest absolute Gasteiger partial charge is 0.294 e. The lowest BCUT2D eigenvalue weighted by Gasteiger charge is -2.40. The molecule has 0 aliphatic heterocycles. The maximum Gasteiger partial charge on any atom is 0.163 e. The maximum absolute atomic E-state index is 13.5. The molecule has 1 nitrogen and oxygen atoms in total. The van der Waals surface area contributed by atoms with Crippen molar-refractivity contribution in [1.29, 1.82) is 0 Å². The number of carbonyl (C=O) groups excluding carboxylic acids is 1. The van der Waals surface area contributed by atoms with Crippen LogP contribution in [0.5, 0.6) is 0 Å². The fraction of sp³-hybridized carbons (Fsp3) is 0.129. The van der Waals surface area contributed by atoms with Gasteiger partial charge in [0.15, 0.2) is 5.78 Å². The number of fused-ring (bicyclic) bond motifs is 9. The quantitative estimate of drug-likeness (QED) is 0.252. The summed E-state index contributed by atoms with van der Waals surface area (Å²) in [5.74, 6) is 0.704. The number of hydrogen-bond acceptors (Lipinski definition) is 1. The van der Waals surface area contributed by atoms with Crippen molar-refractivity contribution in [3.05, 3.63) is 130 Å². The van der Waals surface area contributed by atoms with Crippen LogP contribution in [0.25, 0.3) is 21.5 Å². The maximum atomic E-state index is 13.5. The fourth-order valence-electron chi connectivity index (χ4n) is 7.43. The molecule has 0 radical (unpaired) electrons. The van der Waals surface area contributed by atoms with Gasteiger partial charge < -0.3 is 0 Å². The number of benzene rings is 5. The molecule has 150 valence electrons. The molecule has 0 saturated carbocycles. The van der Waals surface area contributed by atoms with E-state index in [1.54, 1.807) is 0 Å². The van der Waals surface area contributed by atoms with Crippen LogP contribution in [0.4, 0.5) is 0 Å². The zero-order valence-corrected chi connectivity index (χ0v) is 17.5. The Balaban J connectivity index is 1.58. The average molecular weight is 409 g/mol. The van der Waals surface area contributed by atoms with E-state index in [-0.39, 0.29) is 23.0 Å². The van der Waals surface area contributed by atoms with Gasteiger partial charge in [0.1, 0.15) is 0 Å². The van der Waals surface area contributed by atoms with E-state index in [4.69, 9.17) is 0 Å². The second kappa shape index (κ2) is 5.55. The third kappa shape index (κ3) is 1.71. The summed E-state index contributed by atoms with van der Waals surface area (Å²) in [5.41, 5.74) is 7.37. The van der Waals surface area contributed by atoms with Crippen LogP contribution in [-0.4, -0.2) is 5.78 Å². The van der Waals surface area contributed by atoms with E-state index >= 15 is 0 Å². The first kappa shape index (κ1) is 16.9. The number of Topliss-reactive ketones (excluding diaryl/α,β-unsaturated/α-hetero) is 1. The average Bonchev–Trinajstić information content (AvgIpc) is 3.31. The zero-order valence-electron chi connectivity index (χ0n) is 17.5. The molecule has 0 fully saturated rings. The van der Waals surface area contributed by atoms with Crippen LogP contribution in [0.2, 0.25) is 0 Å². The monoisotopic (exact) mass is 408 g/mol. The van der Waals surface area contributed by atoms with E-state index in [0.717, 1.165) is 5.56 Å². The minimum atomic E-state index is -0.285. The SMILES string of the molecule is O=C1CC2C(c3ccccc31)c1ccccc1C21c2cccc3ccc4cccc1c4c23. The topological polar surface area (TPSA) is 17.1 Å². The van der Waals surface area contributed by atoms with Gasteiger partial charge in [-0.1, -0.05) is 97.1 Å². The van der Waals surface area contributed by atoms with Crippen LogP contribution in [0.3, 0.4) is 0 Å². The number of ketones is 1. The summed E-state index contributed by atoms with van der Waals surface area (Å²) in [7, 11) is 0. The molecule has 32 heavy (non-hydrogen) atoms. The fourth-order valence-corrected chi connectivity index (χ4v) is 7.43. The van der Waals surface area contributed by atoms with Crippen LogP contribution in [0.1, 0.15) is 50.5 Å². The van der Waals surface area contributed by atoms with Crippen molar-refractivity contribution in [3.63, 3.8) is 0 Å². The third-order valence-electron chi connectivity index (χ3n) is 8.42. The molecule has 3 aliphatic carbocycles. The molecule has 8 rings (SSSR count). The van der Waals surface area contributed by atoms with Crippen molar-refractivity contribution in [1.82, 2.24) is 0 Å². The normalized spacial score (nSPS) is 21.3. The highest BCUT2D eigenvalue weighted by Gasteiger charge is 2.59. The van der Waals surface area contributed by atoms with Crippen LogP contribution >= 0.6 is 0 Å². The Kier molecular flexibility index (Phi) is 2.93. The van der Waals surface area contributed by atoms with Crippen LogP contribution in [0.15, 0.2) is 97.1 Å². The molecule has 0 saturated heterocycles. The zero-order chi connectivity index (χ0) is 21.0. The predicted molar refractivity (Wildman–Crippen MR) is 129 cm³/mol. The van der Waals surface area contributed by atoms with Gasteiger partial charge in [0, 0.05) is 17.9 Å². The molecule has 1 heteroatoms. The Morgan fingerprint density at radius 3 is 1.91 bits per heavy atom. The lowest BCUT2D eigenvalue weighted by atomic mass is 9.61. The lowest BCUT2D eigenvalue weighted by molar-refractivity contribution is 0.0931. The molecule has 5 aromatic carbocycles. The van der Waals surface area contributed by atoms with E-state index in [9.17, 15) is 4.79 Å². The Hall–Kier alpha value is -3.71. The molecular formula is C31H20O. The summed E-state index contributed by atoms with van der Waals surface area (Å²) >= 11 is 0. The van der Waals surface area contributed by atoms with E-state index < -0.39 is 0 Å². The Morgan fingerprint density at radius 2 is 1.19 bits per heavy atom. The molecule has 1 spiro atoms. The van der Waals surface area contributed by atoms with E-state index in [2.05, 4.69) is 84.9 Å². The van der Waals surface area contributed by atoms with E-state index in [0.29, 0.717) is 6.42 Å². The molecule has 0 aromatic heterocycles. The van der Waals surface area contributed by atoms with Gasteiger partial charge in [-0.05, 0) is 55.3 Å². The molecule has 0 N–H and O–H groups in total. The van der Waals surface area contributed by atoms with Gasteiger partial charge >= 0.3 is 0 Å². The minimum absolute atomic E-state index is 0.186. The summed E-state index contributed by atoms with van der Waals surface area (Å²) in [4.78, 5) is 13.5. The standard InChI is InChI=1S/C31H20O/c32-27-17-26-30(21-10-2-1-9-20(21)27)22-11-3-4-12-23(22)31(26)24-13-5-7-18-15-16-19-8-6-14-25(31)29(19)28(18)24/h1-16,26,30H,17H2. The Morgan fingerprint density at radius 1 is 0.594 bits per heavy atom. The third-order valence-corrected chi connectivity index (χ3v) is 8.42. The number of hydrogen-bond donors (Lipinski definition) is 0. The summed E-state index contributed by atoms with van der Waals surface area (Å²) < 4.78 is 0. The van der Waals surface area contributed by atoms with Gasteiger partial charge in [-0.25, -0.2) is 0 Å². The Labute approximate surface area is 186 Å². The first-order valence-electron chi connectivity index (χ1n) is 11.5. The first-order valence-corrected chi connectivity index (χ1v) is 11.5. The van der Waals surface area contributed by atoms with Gasteiger partial charge in [0.05, 0.1) is 5.41 Å². The molecule has 0 bridgehead atoms. The van der Waals surface area contributed by atoms with Gasteiger partial charge in [-0.2, -0.15) is 0 Å². The number of rotatable bonds is 0. The highest BCUT2D eigenvalue weighted by molar-refractivity contribution is 6.16. The molecule has 0 amide bonds. The van der Waals surface area contributed by atoms with Crippen molar-refractivity contribution in [2.24, 2.45) is 5.92 Å². The van der Waals surface area contributed by atoms with Crippen molar-refractivity contribution < 1.29 is 4.79 Å². The van der Waals surface area contributed by atoms with Crippen molar-refractivity contribution in [2.45, 2.75) is 17.8 Å². The molecular weight excluding hydrogens is 388 g/mol. The molecule has 5 aromatic rings. The second-order valence-corrected chi connectivity index (χ2v) is 9.57. The predicted octanol–water partition coefficient (Wildman–Crippen LogP) is 6.99. The number of carbonyl (C=O) groups is 1. The van der Waals surface area contributed by atoms with Gasteiger partial charge in [-0.15, -0.1) is 0 Å². The highest BCUT2D eigenvalue weighted by Crippen LogP contribution is 2.66. The summed E-state index contributed by atoms with van der Waals surface area (Å²) in [6.07, 6.45) is 0.580. The summed E-state index contributed by atoms with van der Waals surface area (Å²) in [5, 5.41) is 5.34. The Bertz CT molecular complexity index is 1580. The van der Waals surface area contributed by atoms with Crippen LogP contribution < -0.4 is 0 Å². The molecule has 2 unspecified atom stereocenters. The first-order chi connectivity index (χ1) is 15.8. The summed E-state index contributed by atoms with van der Waals surface area (Å²) in [6, 6.07) is 35.3. The van der Waals surface area contributed by atoms with Crippen molar-refractivity contribution in [2.75, 3.05) is 0 Å². The van der Waals surface area contributed by atoms with Gasteiger partial charge in [0.25, 0.3) is 0 Å². The van der Waals surface area contributed by atoms with Crippen molar-refractivity contribution >= 4 is 27.3 Å². The van der Waals surface area contributed by atoms with Crippen LogP contribution in [-0.2, 0) is 5.41 Å².